The van der Waals surface area contributed by atoms with E-state index in [-0.39, 0.29) is 5.91 Å². The number of methoxy groups -OCH3 is 1. The van der Waals surface area contributed by atoms with Crippen LogP contribution >= 0.6 is 11.8 Å². The zero-order valence-electron chi connectivity index (χ0n) is 12.8. The lowest BCUT2D eigenvalue weighted by molar-refractivity contribution is 0.0937. The van der Waals surface area contributed by atoms with Gasteiger partial charge in [-0.3, -0.25) is 4.79 Å². The van der Waals surface area contributed by atoms with Crippen molar-refractivity contribution in [3.05, 3.63) is 23.9 Å². The molecule has 6 heteroatoms. The first-order valence-electron chi connectivity index (χ1n) is 7.25. The summed E-state index contributed by atoms with van der Waals surface area (Å²) >= 11 is 2.00. The molecule has 1 amide bonds. The van der Waals surface area contributed by atoms with E-state index in [2.05, 4.69) is 29.0 Å². The van der Waals surface area contributed by atoms with Crippen LogP contribution < -0.4 is 10.2 Å². The second-order valence-corrected chi connectivity index (χ2v) is 6.65. The second-order valence-electron chi connectivity index (χ2n) is 5.16. The SMILES string of the molecule is COCCNC(=O)c1ccc(N2CCSC(C)C2C)nc1. The minimum atomic E-state index is -0.110. The van der Waals surface area contributed by atoms with Gasteiger partial charge in [0.05, 0.1) is 12.2 Å². The van der Waals surface area contributed by atoms with Crippen LogP contribution in [0.4, 0.5) is 5.82 Å². The van der Waals surface area contributed by atoms with Gasteiger partial charge in [0, 0.05) is 43.4 Å². The number of nitrogens with one attached hydrogen (secondary N) is 1. The van der Waals surface area contributed by atoms with E-state index in [1.54, 1.807) is 13.3 Å². The molecule has 1 aliphatic rings. The summed E-state index contributed by atoms with van der Waals surface area (Å²) in [4.78, 5) is 18.7. The molecule has 2 heterocycles. The Hall–Kier alpha value is -1.27. The molecule has 0 aromatic carbocycles. The van der Waals surface area contributed by atoms with Crippen molar-refractivity contribution in [2.75, 3.05) is 37.5 Å². The van der Waals surface area contributed by atoms with E-state index < -0.39 is 0 Å². The number of hydrogen-bond donors (Lipinski definition) is 1. The molecule has 2 unspecified atom stereocenters. The van der Waals surface area contributed by atoms with Crippen molar-refractivity contribution in [2.45, 2.75) is 25.1 Å². The first-order valence-corrected chi connectivity index (χ1v) is 8.29. The zero-order chi connectivity index (χ0) is 15.2. The predicted molar refractivity (Wildman–Crippen MR) is 87.2 cm³/mol. The summed E-state index contributed by atoms with van der Waals surface area (Å²) in [7, 11) is 1.61. The minimum Gasteiger partial charge on any atom is -0.383 e. The molecule has 1 saturated heterocycles. The Labute approximate surface area is 130 Å². The fourth-order valence-electron chi connectivity index (χ4n) is 2.32. The van der Waals surface area contributed by atoms with Gasteiger partial charge in [-0.1, -0.05) is 6.92 Å². The molecule has 2 atom stereocenters. The molecule has 0 saturated carbocycles. The number of nitrogens with zero attached hydrogens (tertiary/aromatic N) is 2. The normalized spacial score (nSPS) is 22.1. The Morgan fingerprint density at radius 3 is 3.00 bits per heavy atom. The molecular weight excluding hydrogens is 286 g/mol. The van der Waals surface area contributed by atoms with Gasteiger partial charge in [-0.15, -0.1) is 0 Å². The lowest BCUT2D eigenvalue weighted by Gasteiger charge is -2.38. The molecule has 1 aromatic rings. The maximum Gasteiger partial charge on any atom is 0.252 e. The lowest BCUT2D eigenvalue weighted by atomic mass is 10.2. The van der Waals surface area contributed by atoms with Crippen molar-refractivity contribution in [1.82, 2.24) is 10.3 Å². The summed E-state index contributed by atoms with van der Waals surface area (Å²) < 4.78 is 4.91. The summed E-state index contributed by atoms with van der Waals surface area (Å²) in [5.74, 6) is 1.96. The molecule has 0 spiro atoms. The largest absolute Gasteiger partial charge is 0.383 e. The van der Waals surface area contributed by atoms with Crippen molar-refractivity contribution in [3.8, 4) is 0 Å². The number of thioether (sulfide) groups is 1. The van der Waals surface area contributed by atoms with Gasteiger partial charge in [0.2, 0.25) is 0 Å². The Balaban J connectivity index is 1.99. The van der Waals surface area contributed by atoms with E-state index in [9.17, 15) is 4.79 Å². The summed E-state index contributed by atoms with van der Waals surface area (Å²) in [6.45, 7) is 6.50. The number of hydrogen-bond acceptors (Lipinski definition) is 5. The third-order valence-corrected chi connectivity index (χ3v) is 5.12. The molecule has 0 aliphatic carbocycles. The molecule has 1 N–H and O–H groups in total. The molecular formula is C15H23N3O2S. The highest BCUT2D eigenvalue weighted by Crippen LogP contribution is 2.27. The van der Waals surface area contributed by atoms with Crippen LogP contribution in [-0.2, 0) is 4.74 Å². The van der Waals surface area contributed by atoms with Crippen molar-refractivity contribution in [3.63, 3.8) is 0 Å². The number of ether oxygens (including phenoxy) is 1. The van der Waals surface area contributed by atoms with Crippen molar-refractivity contribution in [1.29, 1.82) is 0 Å². The van der Waals surface area contributed by atoms with Crippen molar-refractivity contribution in [2.24, 2.45) is 0 Å². The summed E-state index contributed by atoms with van der Waals surface area (Å²) in [6, 6.07) is 4.23. The molecule has 1 aromatic heterocycles. The number of carbonyl (C=O) groups is 1. The lowest BCUT2D eigenvalue weighted by Crippen LogP contribution is -2.45. The molecule has 5 nitrogen and oxygen atoms in total. The van der Waals surface area contributed by atoms with Crippen molar-refractivity contribution >= 4 is 23.5 Å². The average Bonchev–Trinajstić information content (AvgIpc) is 2.50. The van der Waals surface area contributed by atoms with Crippen LogP contribution in [-0.4, -0.2) is 54.7 Å². The number of aromatic nitrogens is 1. The number of pyridine rings is 1. The van der Waals surface area contributed by atoms with Gasteiger partial charge >= 0.3 is 0 Å². The predicted octanol–water partition coefficient (Wildman–Crippen LogP) is 1.79. The van der Waals surface area contributed by atoms with Crippen LogP contribution in [0, 0.1) is 0 Å². The topological polar surface area (TPSA) is 54.5 Å². The Morgan fingerprint density at radius 2 is 2.33 bits per heavy atom. The van der Waals surface area contributed by atoms with Crippen molar-refractivity contribution < 1.29 is 9.53 Å². The maximum atomic E-state index is 11.9. The standard InChI is InChI=1S/C15H23N3O2S/c1-11-12(2)21-9-7-18(11)14-5-4-13(10-17-14)15(19)16-6-8-20-3/h4-5,10-12H,6-9H2,1-3H3,(H,16,19). The van der Waals surface area contributed by atoms with Crippen LogP contribution in [0.2, 0.25) is 0 Å². The maximum absolute atomic E-state index is 11.9. The summed E-state index contributed by atoms with van der Waals surface area (Å²) in [5, 5.41) is 3.39. The molecule has 116 valence electrons. The van der Waals surface area contributed by atoms with Gasteiger partial charge in [0.15, 0.2) is 0 Å². The summed E-state index contributed by atoms with van der Waals surface area (Å²) in [6.07, 6.45) is 1.65. The number of anilines is 1. The average molecular weight is 309 g/mol. The smallest absolute Gasteiger partial charge is 0.252 e. The van der Waals surface area contributed by atoms with Gasteiger partial charge in [-0.25, -0.2) is 4.98 Å². The third-order valence-electron chi connectivity index (χ3n) is 3.78. The van der Waals surface area contributed by atoms with E-state index in [1.165, 1.54) is 0 Å². The molecule has 2 rings (SSSR count). The first kappa shape index (κ1) is 16.1. The molecule has 21 heavy (non-hydrogen) atoms. The zero-order valence-corrected chi connectivity index (χ0v) is 13.7. The molecule has 0 radical (unpaired) electrons. The van der Waals surface area contributed by atoms with Gasteiger partial charge in [0.1, 0.15) is 5.82 Å². The van der Waals surface area contributed by atoms with Gasteiger partial charge in [0.25, 0.3) is 5.91 Å². The third kappa shape index (κ3) is 4.11. The van der Waals surface area contributed by atoms with Crippen LogP contribution in [0.15, 0.2) is 18.3 Å². The van der Waals surface area contributed by atoms with Crippen LogP contribution in [0.3, 0.4) is 0 Å². The van der Waals surface area contributed by atoms with Crippen LogP contribution in [0.1, 0.15) is 24.2 Å². The number of amides is 1. The highest BCUT2D eigenvalue weighted by Gasteiger charge is 2.26. The number of carbonyl (C=O) groups excluding carboxylic acids is 1. The Bertz CT molecular complexity index is 466. The second kappa shape index (κ2) is 7.66. The fourth-order valence-corrected chi connectivity index (χ4v) is 3.41. The number of rotatable bonds is 5. The summed E-state index contributed by atoms with van der Waals surface area (Å²) in [5.41, 5.74) is 0.585. The van der Waals surface area contributed by atoms with Crippen LogP contribution in [0.5, 0.6) is 0 Å². The fraction of sp³-hybridized carbons (Fsp3) is 0.600. The first-order chi connectivity index (χ1) is 10.1. The Kier molecular flexibility index (Phi) is 5.87. The minimum absolute atomic E-state index is 0.110. The Morgan fingerprint density at radius 1 is 1.52 bits per heavy atom. The monoisotopic (exact) mass is 309 g/mol. The molecule has 0 bridgehead atoms. The van der Waals surface area contributed by atoms with E-state index >= 15 is 0 Å². The van der Waals surface area contributed by atoms with E-state index in [0.717, 1.165) is 18.1 Å². The van der Waals surface area contributed by atoms with E-state index in [0.29, 0.717) is 30.0 Å². The van der Waals surface area contributed by atoms with E-state index in [4.69, 9.17) is 4.74 Å². The van der Waals surface area contributed by atoms with Gasteiger partial charge in [-0.2, -0.15) is 11.8 Å². The molecule has 1 fully saturated rings. The highest BCUT2D eigenvalue weighted by molar-refractivity contribution is 8.00. The highest BCUT2D eigenvalue weighted by atomic mass is 32.2. The van der Waals surface area contributed by atoms with Crippen LogP contribution in [0.25, 0.3) is 0 Å². The van der Waals surface area contributed by atoms with E-state index in [1.807, 2.05) is 23.9 Å². The quantitative estimate of drug-likeness (QED) is 0.841. The van der Waals surface area contributed by atoms with Gasteiger partial charge in [-0.05, 0) is 19.1 Å². The van der Waals surface area contributed by atoms with Gasteiger partial charge < -0.3 is 15.0 Å². The molecule has 1 aliphatic heterocycles.